The molecule has 1 aliphatic heterocycles. The summed E-state index contributed by atoms with van der Waals surface area (Å²) in [5, 5.41) is 1.02. The summed E-state index contributed by atoms with van der Waals surface area (Å²) in [6.07, 6.45) is 1.64. The zero-order valence-corrected chi connectivity index (χ0v) is 20.4. The molecule has 2 aromatic heterocycles. The fraction of sp³-hybridized carbons (Fsp3) is 0.385. The molecule has 184 valence electrons. The summed E-state index contributed by atoms with van der Waals surface area (Å²) in [6.45, 7) is 5.81. The van der Waals surface area contributed by atoms with Crippen LogP contribution >= 0.6 is 0 Å². The van der Waals surface area contributed by atoms with Gasteiger partial charge in [-0.3, -0.25) is 4.90 Å². The van der Waals surface area contributed by atoms with Crippen LogP contribution in [-0.4, -0.2) is 80.6 Å². The molecule has 0 amide bonds. The Balaban J connectivity index is 1.52. The number of benzene rings is 2. The van der Waals surface area contributed by atoms with Crippen molar-refractivity contribution in [3.63, 3.8) is 0 Å². The van der Waals surface area contributed by atoms with E-state index >= 15 is 0 Å². The molecular formula is C26H31N5O4. The molecule has 0 spiro atoms. The van der Waals surface area contributed by atoms with E-state index in [2.05, 4.69) is 25.8 Å². The molecule has 2 aromatic carbocycles. The predicted octanol–water partition coefficient (Wildman–Crippen LogP) is 3.48. The van der Waals surface area contributed by atoms with Crippen molar-refractivity contribution in [1.29, 1.82) is 0 Å². The van der Waals surface area contributed by atoms with Crippen LogP contribution in [-0.2, 0) is 11.3 Å². The molecule has 0 unspecified atom stereocenters. The summed E-state index contributed by atoms with van der Waals surface area (Å²) < 4.78 is 21.9. The fourth-order valence-electron chi connectivity index (χ4n) is 4.57. The van der Waals surface area contributed by atoms with E-state index in [1.165, 1.54) is 0 Å². The van der Waals surface area contributed by atoms with Gasteiger partial charge in [0.15, 0.2) is 17.3 Å². The Morgan fingerprint density at radius 3 is 2.57 bits per heavy atom. The van der Waals surface area contributed by atoms with Gasteiger partial charge in [-0.1, -0.05) is 6.07 Å². The number of rotatable bonds is 9. The lowest BCUT2D eigenvalue weighted by Crippen LogP contribution is -2.41. The average molecular weight is 478 g/mol. The Morgan fingerprint density at radius 1 is 0.971 bits per heavy atom. The van der Waals surface area contributed by atoms with Crippen molar-refractivity contribution >= 4 is 27.8 Å². The fourth-order valence-corrected chi connectivity index (χ4v) is 4.57. The molecular weight excluding hydrogens is 446 g/mol. The highest BCUT2D eigenvalue weighted by molar-refractivity contribution is 6.08. The maximum absolute atomic E-state index is 5.54. The second-order valence-electron chi connectivity index (χ2n) is 8.52. The number of fused-ring (bicyclic) bond motifs is 3. The van der Waals surface area contributed by atoms with Gasteiger partial charge in [-0.2, -0.15) is 0 Å². The smallest absolute Gasteiger partial charge is 0.161 e. The third-order valence-electron chi connectivity index (χ3n) is 6.48. The molecule has 1 N–H and O–H groups in total. The minimum absolute atomic E-state index is 0.662. The van der Waals surface area contributed by atoms with Crippen LogP contribution in [0.5, 0.6) is 17.2 Å². The molecule has 0 bridgehead atoms. The number of hydrogen-bond acceptors (Lipinski definition) is 8. The zero-order valence-electron chi connectivity index (χ0n) is 20.4. The normalized spacial score (nSPS) is 14.4. The first-order chi connectivity index (χ1) is 17.2. The molecule has 3 heterocycles. The number of anilines is 1. The summed E-state index contributed by atoms with van der Waals surface area (Å²) in [5.74, 6) is 3.09. The van der Waals surface area contributed by atoms with Gasteiger partial charge in [0.05, 0.1) is 34.5 Å². The number of nitrogens with one attached hydrogen (secondary N) is 1. The van der Waals surface area contributed by atoms with E-state index in [4.69, 9.17) is 23.9 Å². The molecule has 9 heteroatoms. The molecule has 1 aliphatic rings. The number of methoxy groups -OCH3 is 3. The number of H-pyrrole nitrogens is 1. The Hall–Kier alpha value is -3.56. The quantitative estimate of drug-likeness (QED) is 0.392. The number of hydrogen-bond donors (Lipinski definition) is 1. The van der Waals surface area contributed by atoms with Gasteiger partial charge in [-0.25, -0.2) is 9.97 Å². The first kappa shape index (κ1) is 23.2. The highest BCUT2D eigenvalue weighted by Gasteiger charge is 2.20. The van der Waals surface area contributed by atoms with Crippen LogP contribution < -0.4 is 19.1 Å². The van der Waals surface area contributed by atoms with Gasteiger partial charge >= 0.3 is 0 Å². The van der Waals surface area contributed by atoms with Crippen LogP contribution in [0.3, 0.4) is 0 Å². The lowest BCUT2D eigenvalue weighted by molar-refractivity contribution is 0.0391. The van der Waals surface area contributed by atoms with Gasteiger partial charge in [-0.15, -0.1) is 0 Å². The topological polar surface area (TPSA) is 85.0 Å². The lowest BCUT2D eigenvalue weighted by atomic mass is 10.1. The summed E-state index contributed by atoms with van der Waals surface area (Å²) >= 11 is 0. The minimum atomic E-state index is 0.662. The molecule has 0 atom stereocenters. The van der Waals surface area contributed by atoms with Crippen molar-refractivity contribution in [2.45, 2.75) is 6.54 Å². The SMILES string of the molecule is COc1ccc2[nH]c3c(N(CCN4CCOCC4)Cc4ccc(OC)c(OC)c4)ncnc3c2c1. The van der Waals surface area contributed by atoms with Gasteiger partial charge < -0.3 is 28.8 Å². The van der Waals surface area contributed by atoms with Crippen LogP contribution in [0.1, 0.15) is 5.56 Å². The van der Waals surface area contributed by atoms with E-state index in [-0.39, 0.29) is 0 Å². The molecule has 35 heavy (non-hydrogen) atoms. The van der Waals surface area contributed by atoms with E-state index in [0.29, 0.717) is 18.0 Å². The molecule has 0 radical (unpaired) electrons. The Morgan fingerprint density at radius 2 is 1.80 bits per heavy atom. The Bertz CT molecular complexity index is 1300. The van der Waals surface area contributed by atoms with Gasteiger partial charge in [0.2, 0.25) is 0 Å². The summed E-state index contributed by atoms with van der Waals surface area (Å²) in [7, 11) is 4.98. The van der Waals surface area contributed by atoms with Crippen molar-refractivity contribution in [1.82, 2.24) is 19.9 Å². The van der Waals surface area contributed by atoms with Gasteiger partial charge in [0.25, 0.3) is 0 Å². The molecule has 0 aliphatic carbocycles. The highest BCUT2D eigenvalue weighted by atomic mass is 16.5. The minimum Gasteiger partial charge on any atom is -0.497 e. The number of aromatic nitrogens is 3. The maximum atomic E-state index is 5.54. The van der Waals surface area contributed by atoms with Gasteiger partial charge in [0, 0.05) is 43.6 Å². The van der Waals surface area contributed by atoms with Crippen LogP contribution in [0.2, 0.25) is 0 Å². The van der Waals surface area contributed by atoms with Crippen LogP contribution in [0, 0.1) is 0 Å². The number of ether oxygens (including phenoxy) is 4. The Kier molecular flexibility index (Phi) is 6.87. The second-order valence-corrected chi connectivity index (χ2v) is 8.52. The van der Waals surface area contributed by atoms with E-state index in [9.17, 15) is 0 Å². The van der Waals surface area contributed by atoms with Crippen LogP contribution in [0.15, 0.2) is 42.7 Å². The first-order valence-corrected chi connectivity index (χ1v) is 11.8. The molecule has 1 saturated heterocycles. The molecule has 1 fully saturated rings. The van der Waals surface area contributed by atoms with E-state index in [0.717, 1.165) is 78.5 Å². The number of morpholine rings is 1. The van der Waals surface area contributed by atoms with Crippen LogP contribution in [0.4, 0.5) is 5.82 Å². The van der Waals surface area contributed by atoms with Crippen molar-refractivity contribution < 1.29 is 18.9 Å². The molecule has 5 rings (SSSR count). The highest BCUT2D eigenvalue weighted by Crippen LogP contribution is 2.33. The van der Waals surface area contributed by atoms with Gasteiger partial charge in [-0.05, 0) is 35.9 Å². The van der Waals surface area contributed by atoms with E-state index in [1.807, 2.05) is 30.3 Å². The van der Waals surface area contributed by atoms with Crippen molar-refractivity contribution in [2.24, 2.45) is 0 Å². The van der Waals surface area contributed by atoms with E-state index < -0.39 is 0 Å². The zero-order chi connectivity index (χ0) is 24.2. The second kappa shape index (κ2) is 10.4. The Labute approximate surface area is 204 Å². The van der Waals surface area contributed by atoms with Crippen molar-refractivity contribution in [3.05, 3.63) is 48.3 Å². The van der Waals surface area contributed by atoms with Crippen molar-refractivity contribution in [3.8, 4) is 17.2 Å². The largest absolute Gasteiger partial charge is 0.497 e. The van der Waals surface area contributed by atoms with Gasteiger partial charge in [0.1, 0.15) is 23.1 Å². The predicted molar refractivity (Wildman–Crippen MR) is 136 cm³/mol. The summed E-state index contributed by atoms with van der Waals surface area (Å²) in [6, 6.07) is 12.0. The molecule has 9 nitrogen and oxygen atoms in total. The molecule has 4 aromatic rings. The van der Waals surface area contributed by atoms with Crippen molar-refractivity contribution in [2.75, 3.05) is 65.6 Å². The number of aromatic amines is 1. The first-order valence-electron chi connectivity index (χ1n) is 11.8. The third kappa shape index (κ3) is 4.82. The lowest BCUT2D eigenvalue weighted by Gasteiger charge is -2.31. The van der Waals surface area contributed by atoms with Crippen LogP contribution in [0.25, 0.3) is 21.9 Å². The standard InChI is InChI=1S/C26H31N5O4/c1-32-19-5-6-21-20(15-19)24-25(29-21)26(28-17-27-24)31(9-8-30-10-12-35-13-11-30)16-18-4-7-22(33-2)23(14-18)34-3/h4-7,14-15,17,29H,8-13,16H2,1-3H3. The average Bonchev–Trinajstić information content (AvgIpc) is 3.29. The molecule has 0 saturated carbocycles. The summed E-state index contributed by atoms with van der Waals surface area (Å²) in [5.41, 5.74) is 3.90. The third-order valence-corrected chi connectivity index (χ3v) is 6.48. The monoisotopic (exact) mass is 477 g/mol. The van der Waals surface area contributed by atoms with E-state index in [1.54, 1.807) is 27.7 Å². The maximum Gasteiger partial charge on any atom is 0.161 e. The number of nitrogens with zero attached hydrogens (tertiary/aromatic N) is 4. The summed E-state index contributed by atoms with van der Waals surface area (Å²) in [4.78, 5) is 17.6.